The molecule has 0 saturated heterocycles. The summed E-state index contributed by atoms with van der Waals surface area (Å²) in [5, 5.41) is 14.8. The Balaban J connectivity index is 1.30. The number of aromatic amines is 1. The van der Waals surface area contributed by atoms with Crippen LogP contribution in [0.15, 0.2) is 92.7 Å². The van der Waals surface area contributed by atoms with Crippen LogP contribution in [0.2, 0.25) is 4.34 Å². The molecule has 2 heterocycles. The van der Waals surface area contributed by atoms with Gasteiger partial charge in [-0.3, -0.25) is 4.79 Å². The third-order valence-corrected chi connectivity index (χ3v) is 9.07. The summed E-state index contributed by atoms with van der Waals surface area (Å²) in [5.41, 5.74) is 1.16. The van der Waals surface area contributed by atoms with Gasteiger partial charge in [-0.15, -0.1) is 11.3 Å². The van der Waals surface area contributed by atoms with Crippen molar-refractivity contribution in [2.45, 2.75) is 10.8 Å². The fraction of sp³-hybridized carbons (Fsp3) is 0.0370. The van der Waals surface area contributed by atoms with Gasteiger partial charge >= 0.3 is 17.7 Å². The zero-order chi connectivity index (χ0) is 30.0. The largest absolute Gasteiger partial charge is 0.478 e. The predicted octanol–water partition coefficient (Wildman–Crippen LogP) is 4.21. The molecule has 0 unspecified atom stereocenters. The molecule has 42 heavy (non-hydrogen) atoms. The number of aromatic nitrogens is 2. The van der Waals surface area contributed by atoms with Crippen molar-refractivity contribution < 1.29 is 23.1 Å². The molecule has 15 heteroatoms. The van der Waals surface area contributed by atoms with Gasteiger partial charge in [-0.1, -0.05) is 23.7 Å². The number of urea groups is 1. The van der Waals surface area contributed by atoms with E-state index in [4.69, 9.17) is 16.7 Å². The molecule has 0 radical (unpaired) electrons. The lowest BCUT2D eigenvalue weighted by Crippen LogP contribution is -2.34. The highest BCUT2D eigenvalue weighted by Crippen LogP contribution is 2.25. The number of nitrogens with zero attached hydrogens (tertiary/aromatic N) is 1. The Morgan fingerprint density at radius 3 is 2.26 bits per heavy atom. The number of hydrogen-bond acceptors (Lipinski definition) is 8. The minimum Gasteiger partial charge on any atom is -0.478 e. The molecule has 0 bridgehead atoms. The van der Waals surface area contributed by atoms with E-state index in [1.54, 1.807) is 30.3 Å². The molecule has 5 N–H and O–H groups in total. The second kappa shape index (κ2) is 11.5. The molecule has 0 saturated carbocycles. The summed E-state index contributed by atoms with van der Waals surface area (Å²) in [6, 6.07) is 18.6. The molecular formula is C27H20ClN5O7S2. The number of aromatic carboxylic acids is 1. The number of carboxylic acids is 1. The van der Waals surface area contributed by atoms with Crippen LogP contribution in [0.1, 0.15) is 15.9 Å². The number of anilines is 2. The van der Waals surface area contributed by atoms with Gasteiger partial charge in [-0.25, -0.2) is 32.1 Å². The normalized spacial score (nSPS) is 11.3. The van der Waals surface area contributed by atoms with Gasteiger partial charge in [-0.05, 0) is 72.3 Å². The van der Waals surface area contributed by atoms with Crippen LogP contribution >= 0.6 is 22.9 Å². The summed E-state index contributed by atoms with van der Waals surface area (Å²) in [5.74, 6) is -1.01. The van der Waals surface area contributed by atoms with E-state index in [-0.39, 0.29) is 30.9 Å². The molecule has 5 rings (SSSR count). The highest BCUT2D eigenvalue weighted by Gasteiger charge is 2.20. The molecule has 12 nitrogen and oxygen atoms in total. The number of rotatable bonds is 8. The number of carboxylic acid groups (broad SMARTS) is 1. The first-order valence-corrected chi connectivity index (χ1v) is 14.7. The van der Waals surface area contributed by atoms with Crippen molar-refractivity contribution in [3.05, 3.63) is 115 Å². The molecule has 2 amide bonds. The molecule has 5 aromatic rings. The topological polar surface area (TPSA) is 179 Å². The summed E-state index contributed by atoms with van der Waals surface area (Å²) in [7, 11) is -4.11. The van der Waals surface area contributed by atoms with Crippen LogP contribution in [-0.4, -0.2) is 35.1 Å². The first-order chi connectivity index (χ1) is 20.0. The van der Waals surface area contributed by atoms with Crippen LogP contribution in [-0.2, 0) is 16.6 Å². The number of hydrogen-bond donors (Lipinski definition) is 5. The molecule has 0 aliphatic carbocycles. The average molecular weight is 626 g/mol. The summed E-state index contributed by atoms with van der Waals surface area (Å²) >= 11 is 6.56. The molecule has 214 valence electrons. The molecule has 0 fully saturated rings. The van der Waals surface area contributed by atoms with Gasteiger partial charge in [-0.2, -0.15) is 0 Å². The minimum absolute atomic E-state index is 0.122. The van der Waals surface area contributed by atoms with E-state index in [0.717, 1.165) is 21.5 Å². The lowest BCUT2D eigenvalue weighted by molar-refractivity contribution is 0.0697. The monoisotopic (exact) mass is 625 g/mol. The zero-order valence-corrected chi connectivity index (χ0v) is 23.6. The molecule has 0 atom stereocenters. The second-order valence-electron chi connectivity index (χ2n) is 8.85. The van der Waals surface area contributed by atoms with Crippen molar-refractivity contribution in [2.75, 3.05) is 10.6 Å². The molecule has 2 aromatic heterocycles. The van der Waals surface area contributed by atoms with Gasteiger partial charge < -0.3 is 20.7 Å². The lowest BCUT2D eigenvalue weighted by atomic mass is 10.1. The Bertz CT molecular complexity index is 2050. The van der Waals surface area contributed by atoms with Gasteiger partial charge in [0.05, 0.1) is 26.5 Å². The Kier molecular flexibility index (Phi) is 7.85. The number of fused-ring (bicyclic) bond motifs is 1. The summed E-state index contributed by atoms with van der Waals surface area (Å²) in [6.07, 6.45) is 0. The van der Waals surface area contributed by atoms with Crippen molar-refractivity contribution in [1.82, 2.24) is 14.3 Å². The van der Waals surface area contributed by atoms with Gasteiger partial charge in [0.2, 0.25) is 0 Å². The summed E-state index contributed by atoms with van der Waals surface area (Å²) in [4.78, 5) is 52.0. The van der Waals surface area contributed by atoms with Gasteiger partial charge in [0.15, 0.2) is 0 Å². The van der Waals surface area contributed by atoms with E-state index in [0.29, 0.717) is 17.7 Å². The highest BCUT2D eigenvalue weighted by molar-refractivity contribution is 7.92. The van der Waals surface area contributed by atoms with Gasteiger partial charge in [0.1, 0.15) is 4.21 Å². The SMILES string of the molecule is O=C(Nc1ccc(-n2c(=O)[nH]c3cc(NCc4ccc(C(=O)O)cc4)ccc3c2=O)cc1)NS(=O)(=O)c1ccc(Cl)s1. The Morgan fingerprint density at radius 1 is 0.929 bits per heavy atom. The molecule has 3 aromatic carbocycles. The number of carbonyl (C=O) groups excluding carboxylic acids is 1. The van der Waals surface area contributed by atoms with Gasteiger partial charge in [0, 0.05) is 17.9 Å². The number of carbonyl (C=O) groups is 2. The standard InChI is InChI=1S/C27H20ClN5O7S2/c28-22-11-12-23(41-22)42(39,40)32-26(37)30-17-5-8-19(9-6-17)33-24(34)20-10-7-18(13-21(20)31-27(33)38)29-14-15-1-3-16(4-2-15)25(35)36/h1-13,29H,14H2,(H,31,38)(H,35,36)(H2,30,32,37). The number of halogens is 1. The fourth-order valence-electron chi connectivity index (χ4n) is 4.00. The Hall–Kier alpha value is -4.92. The predicted molar refractivity (Wildman–Crippen MR) is 160 cm³/mol. The van der Waals surface area contributed by atoms with Crippen molar-refractivity contribution in [3.63, 3.8) is 0 Å². The molecule has 0 aliphatic rings. The van der Waals surface area contributed by atoms with Crippen LogP contribution in [0.3, 0.4) is 0 Å². The maximum atomic E-state index is 13.2. The van der Waals surface area contributed by atoms with Crippen LogP contribution in [0.4, 0.5) is 16.2 Å². The van der Waals surface area contributed by atoms with Crippen molar-refractivity contribution >= 4 is 67.2 Å². The van der Waals surface area contributed by atoms with Crippen molar-refractivity contribution in [1.29, 1.82) is 0 Å². The smallest absolute Gasteiger partial charge is 0.335 e. The fourth-order valence-corrected chi connectivity index (χ4v) is 6.39. The summed E-state index contributed by atoms with van der Waals surface area (Å²) in [6.45, 7) is 0.388. The Labute approximate surface area is 246 Å². The van der Waals surface area contributed by atoms with E-state index in [2.05, 4.69) is 15.6 Å². The van der Waals surface area contributed by atoms with E-state index < -0.39 is 33.3 Å². The third-order valence-electron chi connectivity index (χ3n) is 6.02. The van der Waals surface area contributed by atoms with E-state index in [1.807, 2.05) is 4.72 Å². The van der Waals surface area contributed by atoms with Crippen LogP contribution in [0, 0.1) is 0 Å². The first kappa shape index (κ1) is 28.6. The molecular weight excluding hydrogens is 606 g/mol. The highest BCUT2D eigenvalue weighted by atomic mass is 35.5. The minimum atomic E-state index is -4.11. The number of amides is 2. The maximum absolute atomic E-state index is 13.2. The number of thiophene rings is 1. The number of sulfonamides is 1. The maximum Gasteiger partial charge on any atom is 0.335 e. The lowest BCUT2D eigenvalue weighted by Gasteiger charge is -2.11. The number of H-pyrrole nitrogens is 1. The molecule has 0 aliphatic heterocycles. The van der Waals surface area contributed by atoms with Crippen LogP contribution < -0.4 is 26.6 Å². The van der Waals surface area contributed by atoms with Crippen molar-refractivity contribution in [2.24, 2.45) is 0 Å². The van der Waals surface area contributed by atoms with Gasteiger partial charge in [0.25, 0.3) is 15.6 Å². The quantitative estimate of drug-likeness (QED) is 0.170. The number of nitrogens with one attached hydrogen (secondary N) is 4. The Morgan fingerprint density at radius 2 is 1.62 bits per heavy atom. The van der Waals surface area contributed by atoms with Crippen LogP contribution in [0.5, 0.6) is 0 Å². The average Bonchev–Trinajstić information content (AvgIpc) is 3.40. The number of benzene rings is 3. The molecule has 0 spiro atoms. The van der Waals surface area contributed by atoms with Crippen LogP contribution in [0.25, 0.3) is 16.6 Å². The van der Waals surface area contributed by atoms with E-state index >= 15 is 0 Å². The van der Waals surface area contributed by atoms with E-state index in [1.165, 1.54) is 48.5 Å². The third kappa shape index (κ3) is 6.20. The zero-order valence-electron chi connectivity index (χ0n) is 21.3. The second-order valence-corrected chi connectivity index (χ2v) is 12.5. The summed E-state index contributed by atoms with van der Waals surface area (Å²) < 4.78 is 27.6. The van der Waals surface area contributed by atoms with Crippen molar-refractivity contribution in [3.8, 4) is 5.69 Å². The first-order valence-electron chi connectivity index (χ1n) is 12.0. The van der Waals surface area contributed by atoms with E-state index in [9.17, 15) is 27.6 Å².